The van der Waals surface area contributed by atoms with Gasteiger partial charge in [0.05, 0.1) is 5.41 Å². The van der Waals surface area contributed by atoms with E-state index in [4.69, 9.17) is 5.11 Å². The lowest BCUT2D eigenvalue weighted by Gasteiger charge is -2.22. The van der Waals surface area contributed by atoms with Crippen LogP contribution in [0.5, 0.6) is 0 Å². The topological polar surface area (TPSA) is 78.4 Å². The van der Waals surface area contributed by atoms with Crippen LogP contribution in [0.2, 0.25) is 0 Å². The zero-order valence-corrected chi connectivity index (χ0v) is 11.4. The first-order valence-electron chi connectivity index (χ1n) is 5.80. The molecule has 0 saturated carbocycles. The minimum atomic E-state index is -0.843. The van der Waals surface area contributed by atoms with E-state index in [2.05, 4.69) is 10.6 Å². The summed E-state index contributed by atoms with van der Waals surface area (Å²) in [6.07, 6.45) is 0.354. The normalized spacial score (nSPS) is 12.3. The third-order valence-corrected chi connectivity index (χ3v) is 2.19. The molecule has 3 N–H and O–H groups in total. The molecule has 0 aliphatic heterocycles. The van der Waals surface area contributed by atoms with Crippen molar-refractivity contribution in [2.24, 2.45) is 5.41 Å². The second-order valence-electron chi connectivity index (χ2n) is 5.91. The molecular formula is C12H24N2O3. The predicted octanol–water partition coefficient (Wildman–Crippen LogP) is 0.992. The monoisotopic (exact) mass is 244 g/mol. The van der Waals surface area contributed by atoms with E-state index in [0.717, 1.165) is 0 Å². The summed E-state index contributed by atoms with van der Waals surface area (Å²) in [5, 5.41) is 14.7. The van der Waals surface area contributed by atoms with Crippen molar-refractivity contribution in [2.45, 2.75) is 46.6 Å². The summed E-state index contributed by atoms with van der Waals surface area (Å²) in [5.41, 5.74) is -1.03. The second-order valence-corrected chi connectivity index (χ2v) is 5.91. The molecule has 0 atom stereocenters. The van der Waals surface area contributed by atoms with Gasteiger partial charge in [-0.15, -0.1) is 0 Å². The minimum Gasteiger partial charge on any atom is -0.481 e. The third-order valence-electron chi connectivity index (χ3n) is 2.19. The van der Waals surface area contributed by atoms with Gasteiger partial charge in [-0.1, -0.05) is 0 Å². The number of carboxylic acid groups (broad SMARTS) is 1. The Hall–Kier alpha value is -1.10. The number of hydrogen-bond acceptors (Lipinski definition) is 3. The van der Waals surface area contributed by atoms with Crippen LogP contribution < -0.4 is 10.6 Å². The molecule has 0 unspecified atom stereocenters. The first kappa shape index (κ1) is 15.9. The van der Waals surface area contributed by atoms with E-state index in [-0.39, 0.29) is 11.4 Å². The van der Waals surface area contributed by atoms with E-state index in [1.165, 1.54) is 0 Å². The van der Waals surface area contributed by atoms with E-state index in [9.17, 15) is 9.59 Å². The van der Waals surface area contributed by atoms with E-state index in [1.807, 2.05) is 20.8 Å². The maximum atomic E-state index is 11.4. The second kappa shape index (κ2) is 6.00. The van der Waals surface area contributed by atoms with Crippen molar-refractivity contribution in [1.82, 2.24) is 10.6 Å². The minimum absolute atomic E-state index is 0.0295. The molecule has 5 heteroatoms. The highest BCUT2D eigenvalue weighted by molar-refractivity contribution is 5.76. The molecule has 17 heavy (non-hydrogen) atoms. The summed E-state index contributed by atoms with van der Waals surface area (Å²) in [6, 6.07) is 0. The van der Waals surface area contributed by atoms with Crippen molar-refractivity contribution >= 4 is 11.9 Å². The van der Waals surface area contributed by atoms with Crippen LogP contribution in [-0.4, -0.2) is 35.6 Å². The van der Waals surface area contributed by atoms with Gasteiger partial charge in [-0.25, -0.2) is 0 Å². The fourth-order valence-corrected chi connectivity index (χ4v) is 1.16. The van der Waals surface area contributed by atoms with Gasteiger partial charge < -0.3 is 15.7 Å². The van der Waals surface area contributed by atoms with Gasteiger partial charge in [0, 0.05) is 25.0 Å². The molecule has 0 aromatic carbocycles. The van der Waals surface area contributed by atoms with Gasteiger partial charge in [0.2, 0.25) is 5.91 Å². The first-order chi connectivity index (χ1) is 7.54. The van der Waals surface area contributed by atoms with Crippen LogP contribution >= 0.6 is 0 Å². The van der Waals surface area contributed by atoms with Crippen molar-refractivity contribution in [1.29, 1.82) is 0 Å². The summed E-state index contributed by atoms with van der Waals surface area (Å²) >= 11 is 0. The van der Waals surface area contributed by atoms with E-state index in [0.29, 0.717) is 19.5 Å². The van der Waals surface area contributed by atoms with Gasteiger partial charge >= 0.3 is 5.97 Å². The van der Waals surface area contributed by atoms with Crippen LogP contribution in [0, 0.1) is 5.41 Å². The molecule has 0 aromatic rings. The number of rotatable bonds is 6. The van der Waals surface area contributed by atoms with Crippen LogP contribution in [0.4, 0.5) is 0 Å². The standard InChI is InChI=1S/C12H24N2O3/c1-11(2,3)14-9(15)6-7-13-8-12(4,5)10(16)17/h13H,6-8H2,1-5H3,(H,14,15)(H,16,17). The lowest BCUT2D eigenvalue weighted by molar-refractivity contribution is -0.146. The van der Waals surface area contributed by atoms with Gasteiger partial charge in [-0.2, -0.15) is 0 Å². The van der Waals surface area contributed by atoms with Gasteiger partial charge in [0.25, 0.3) is 0 Å². The lowest BCUT2D eigenvalue weighted by Crippen LogP contribution is -2.42. The Morgan fingerprint density at radius 3 is 2.06 bits per heavy atom. The number of amides is 1. The Kier molecular flexibility index (Phi) is 5.61. The number of hydrogen-bond donors (Lipinski definition) is 3. The van der Waals surface area contributed by atoms with Crippen molar-refractivity contribution < 1.29 is 14.7 Å². The molecule has 0 bridgehead atoms. The predicted molar refractivity (Wildman–Crippen MR) is 66.8 cm³/mol. The fourth-order valence-electron chi connectivity index (χ4n) is 1.16. The molecule has 0 radical (unpaired) electrons. The Labute approximate surface area is 103 Å². The summed E-state index contributed by atoms with van der Waals surface area (Å²) in [7, 11) is 0. The van der Waals surface area contributed by atoms with Gasteiger partial charge in [-0.05, 0) is 34.6 Å². The van der Waals surface area contributed by atoms with Crippen LogP contribution in [0.3, 0.4) is 0 Å². The van der Waals surface area contributed by atoms with Crippen molar-refractivity contribution in [3.05, 3.63) is 0 Å². The Morgan fingerprint density at radius 1 is 1.12 bits per heavy atom. The molecule has 1 amide bonds. The largest absolute Gasteiger partial charge is 0.481 e. The highest BCUT2D eigenvalue weighted by Crippen LogP contribution is 2.12. The van der Waals surface area contributed by atoms with Crippen LogP contribution in [0.25, 0.3) is 0 Å². The molecule has 0 aromatic heterocycles. The lowest BCUT2D eigenvalue weighted by atomic mass is 9.94. The molecule has 5 nitrogen and oxygen atoms in total. The van der Waals surface area contributed by atoms with Crippen LogP contribution in [-0.2, 0) is 9.59 Å². The number of nitrogens with one attached hydrogen (secondary N) is 2. The van der Waals surface area contributed by atoms with Gasteiger partial charge in [0.1, 0.15) is 0 Å². The SMILES string of the molecule is CC(C)(C)NC(=O)CCNCC(C)(C)C(=O)O. The van der Waals surface area contributed by atoms with Crippen molar-refractivity contribution in [3.63, 3.8) is 0 Å². The molecule has 100 valence electrons. The van der Waals surface area contributed by atoms with E-state index in [1.54, 1.807) is 13.8 Å². The summed E-state index contributed by atoms with van der Waals surface area (Å²) in [6.45, 7) is 9.91. The average molecular weight is 244 g/mol. The molecular weight excluding hydrogens is 220 g/mol. The number of carbonyl (C=O) groups is 2. The van der Waals surface area contributed by atoms with Crippen LogP contribution in [0.15, 0.2) is 0 Å². The smallest absolute Gasteiger partial charge is 0.310 e. The quantitative estimate of drug-likeness (QED) is 0.609. The summed E-state index contributed by atoms with van der Waals surface area (Å²) in [4.78, 5) is 22.3. The number of carboxylic acids is 1. The molecule has 0 saturated heterocycles. The van der Waals surface area contributed by atoms with Gasteiger partial charge in [-0.3, -0.25) is 9.59 Å². The molecule has 0 spiro atoms. The first-order valence-corrected chi connectivity index (χ1v) is 5.80. The molecule has 0 fully saturated rings. The van der Waals surface area contributed by atoms with E-state index >= 15 is 0 Å². The molecule has 0 aliphatic rings. The number of carbonyl (C=O) groups excluding carboxylic acids is 1. The zero-order chi connectivity index (χ0) is 13.7. The zero-order valence-electron chi connectivity index (χ0n) is 11.4. The fraction of sp³-hybridized carbons (Fsp3) is 0.833. The average Bonchev–Trinajstić information content (AvgIpc) is 2.09. The highest BCUT2D eigenvalue weighted by atomic mass is 16.4. The maximum absolute atomic E-state index is 11.4. The van der Waals surface area contributed by atoms with Crippen molar-refractivity contribution in [2.75, 3.05) is 13.1 Å². The third kappa shape index (κ3) is 7.74. The molecule has 0 heterocycles. The van der Waals surface area contributed by atoms with Gasteiger partial charge in [0.15, 0.2) is 0 Å². The molecule has 0 aliphatic carbocycles. The highest BCUT2D eigenvalue weighted by Gasteiger charge is 2.26. The summed E-state index contributed by atoms with van der Waals surface area (Å²) in [5.74, 6) is -0.873. The Balaban J connectivity index is 3.80. The number of aliphatic carboxylic acids is 1. The maximum Gasteiger partial charge on any atom is 0.310 e. The summed E-state index contributed by atoms with van der Waals surface area (Å²) < 4.78 is 0. The molecule has 0 rings (SSSR count). The van der Waals surface area contributed by atoms with Crippen LogP contribution in [0.1, 0.15) is 41.0 Å². The Morgan fingerprint density at radius 2 is 1.65 bits per heavy atom. The van der Waals surface area contributed by atoms with E-state index < -0.39 is 11.4 Å². The van der Waals surface area contributed by atoms with Crippen molar-refractivity contribution in [3.8, 4) is 0 Å². The Bertz CT molecular complexity index is 280.